The molecule has 1 fully saturated rings. The molecule has 0 bridgehead atoms. The van der Waals surface area contributed by atoms with Crippen molar-refractivity contribution in [2.75, 3.05) is 6.61 Å². The quantitative estimate of drug-likeness (QED) is 0.211. The predicted octanol–water partition coefficient (Wildman–Crippen LogP) is 1.99. The van der Waals surface area contributed by atoms with Crippen molar-refractivity contribution >= 4 is 29.6 Å². The second-order valence-electron chi connectivity index (χ2n) is 8.20. The third-order valence-corrected chi connectivity index (χ3v) is 7.42. The number of aliphatic hydroxyl groups excluding tert-OH is 1. The number of carbonyl (C=O) groups is 1. The highest BCUT2D eigenvalue weighted by molar-refractivity contribution is 9.10. The molecule has 3 rings (SSSR count). The Bertz CT molecular complexity index is 1220. The number of nitrogens with zero attached hydrogens (tertiary/aromatic N) is 1. The molecule has 0 unspecified atom stereocenters. The number of ether oxygens (including phenoxy) is 2. The third kappa shape index (κ3) is 6.69. The van der Waals surface area contributed by atoms with Gasteiger partial charge in [-0.25, -0.2) is 13.8 Å². The van der Waals surface area contributed by atoms with Crippen molar-refractivity contribution < 1.29 is 37.4 Å². The van der Waals surface area contributed by atoms with Crippen LogP contribution < -0.4 is 20.9 Å². The number of esters is 1. The largest absolute Gasteiger partial charge is 0.462 e. The van der Waals surface area contributed by atoms with Gasteiger partial charge in [-0.1, -0.05) is 18.2 Å². The zero-order valence-electron chi connectivity index (χ0n) is 19.5. The Kier molecular flexibility index (Phi) is 8.91. The molecule has 15 heteroatoms. The highest BCUT2D eigenvalue weighted by Crippen LogP contribution is 2.49. The van der Waals surface area contributed by atoms with Crippen LogP contribution in [0.2, 0.25) is 0 Å². The van der Waals surface area contributed by atoms with Gasteiger partial charge in [0.2, 0.25) is 4.58 Å². The molecule has 0 aliphatic carbocycles. The lowest BCUT2D eigenvalue weighted by atomic mass is 10.1. The average molecular weight is 594 g/mol. The summed E-state index contributed by atoms with van der Waals surface area (Å²) < 4.78 is 48.5. The number of halogens is 2. The van der Waals surface area contributed by atoms with E-state index < -0.39 is 66.7 Å². The summed E-state index contributed by atoms with van der Waals surface area (Å²) in [5, 5.41) is 13.0. The molecule has 3 N–H and O–H groups in total. The molecule has 0 amide bonds. The van der Waals surface area contributed by atoms with Crippen LogP contribution in [-0.2, 0) is 23.4 Å². The molecule has 0 radical (unpaired) electrons. The van der Waals surface area contributed by atoms with Crippen LogP contribution in [0.25, 0.3) is 0 Å². The van der Waals surface area contributed by atoms with Crippen LogP contribution >= 0.6 is 23.7 Å². The Labute approximate surface area is 213 Å². The fraction of sp³-hybridized carbons (Fsp3) is 0.476. The van der Waals surface area contributed by atoms with Gasteiger partial charge in [0, 0.05) is 12.3 Å². The zero-order valence-corrected chi connectivity index (χ0v) is 22.0. The second kappa shape index (κ2) is 11.4. The minimum atomic E-state index is -4.32. The fourth-order valence-corrected chi connectivity index (χ4v) is 5.35. The van der Waals surface area contributed by atoms with E-state index in [1.165, 1.54) is 19.1 Å². The van der Waals surface area contributed by atoms with Gasteiger partial charge in [-0.05, 0) is 48.8 Å². The number of nitrogens with one attached hydrogen (secondary N) is 2. The number of aliphatic hydroxyl groups is 1. The van der Waals surface area contributed by atoms with Crippen LogP contribution in [-0.4, -0.2) is 56.2 Å². The lowest BCUT2D eigenvalue weighted by Gasteiger charge is -2.25. The topological polar surface area (TPSA) is 158 Å². The van der Waals surface area contributed by atoms with Crippen molar-refractivity contribution in [3.8, 4) is 5.75 Å². The van der Waals surface area contributed by atoms with Gasteiger partial charge >= 0.3 is 19.4 Å². The molecule has 1 aliphatic rings. The van der Waals surface area contributed by atoms with Crippen molar-refractivity contribution in [3.63, 3.8) is 0 Å². The molecule has 0 spiro atoms. The molecule has 2 aromatic rings. The molecule has 0 saturated carbocycles. The molecular formula is C21H26BrFN3O9P. The molecule has 1 saturated heterocycles. The molecule has 36 heavy (non-hydrogen) atoms. The van der Waals surface area contributed by atoms with Crippen molar-refractivity contribution in [3.05, 3.63) is 63.4 Å². The fourth-order valence-electron chi connectivity index (χ4n) is 3.22. The highest BCUT2D eigenvalue weighted by Gasteiger charge is 2.57. The molecule has 1 aromatic heterocycles. The van der Waals surface area contributed by atoms with E-state index in [2.05, 4.69) is 21.0 Å². The van der Waals surface area contributed by atoms with E-state index in [9.17, 15) is 24.1 Å². The van der Waals surface area contributed by atoms with Crippen LogP contribution in [0.5, 0.6) is 5.75 Å². The summed E-state index contributed by atoms with van der Waals surface area (Å²) in [6.07, 6.45) is -4.46. The van der Waals surface area contributed by atoms with E-state index in [1.54, 1.807) is 32.0 Å². The number of benzene rings is 1. The number of alkyl halides is 2. The normalized spacial score (nSPS) is 26.4. The van der Waals surface area contributed by atoms with Crippen LogP contribution in [0.3, 0.4) is 0 Å². The molecule has 1 aromatic carbocycles. The molecule has 198 valence electrons. The predicted molar refractivity (Wildman–Crippen MR) is 128 cm³/mol. The van der Waals surface area contributed by atoms with Crippen molar-refractivity contribution in [2.24, 2.45) is 0 Å². The van der Waals surface area contributed by atoms with Crippen LogP contribution in [0.4, 0.5) is 4.39 Å². The molecule has 1 aliphatic heterocycles. The number of aromatic nitrogens is 2. The van der Waals surface area contributed by atoms with Gasteiger partial charge in [-0.15, -0.1) is 0 Å². The summed E-state index contributed by atoms with van der Waals surface area (Å²) >= 11 is 2.73. The Balaban J connectivity index is 1.80. The molecule has 6 atom stereocenters. The number of hydrogen-bond acceptors (Lipinski definition) is 9. The maximum Gasteiger partial charge on any atom is 0.459 e. The first kappa shape index (κ1) is 28.2. The van der Waals surface area contributed by atoms with Gasteiger partial charge in [0.1, 0.15) is 24.0 Å². The number of hydrogen-bond donors (Lipinski definition) is 3. The van der Waals surface area contributed by atoms with E-state index in [-0.39, 0.29) is 5.75 Å². The summed E-state index contributed by atoms with van der Waals surface area (Å²) in [4.78, 5) is 37.7. The maximum atomic E-state index is 15.3. The SMILES string of the molecule is CC(C)OC(=O)[C@H](C)N[P@](=O)(OC[C@H]1O[C@@H](n2ccc(=O)[nH]c2=O)[C@@](F)(Br)[C@@H]1O)Oc1ccccc1. The Hall–Kier alpha value is -2.35. The zero-order chi connectivity index (χ0) is 26.7. The monoisotopic (exact) mass is 593 g/mol. The summed E-state index contributed by atoms with van der Waals surface area (Å²) in [5.74, 6) is -0.577. The number of carbonyl (C=O) groups excluding carboxylic acids is 1. The Morgan fingerprint density at radius 3 is 2.58 bits per heavy atom. The molecule has 2 heterocycles. The van der Waals surface area contributed by atoms with E-state index in [0.29, 0.717) is 0 Å². The van der Waals surface area contributed by atoms with Crippen LogP contribution in [0, 0.1) is 0 Å². The first-order valence-corrected chi connectivity index (χ1v) is 13.2. The van der Waals surface area contributed by atoms with Crippen molar-refractivity contribution in [1.29, 1.82) is 0 Å². The molecule has 12 nitrogen and oxygen atoms in total. The van der Waals surface area contributed by atoms with E-state index in [1.807, 2.05) is 4.98 Å². The standard InChI is InChI=1S/C21H26BrFN3O9P/c1-12(2)33-18(29)13(3)25-36(31,35-14-7-5-4-6-8-14)32-11-15-17(28)21(22,23)19(34-15)26-10-9-16(27)24-20(26)30/h4-10,12-13,15,17,19,28H,11H2,1-3H3,(H,25,31)(H,24,27,30)/t13-,15+,17+,19+,21+,36-/m0/s1. The van der Waals surface area contributed by atoms with Gasteiger partial charge in [0.25, 0.3) is 5.56 Å². The highest BCUT2D eigenvalue weighted by atomic mass is 79.9. The number of rotatable bonds is 10. The van der Waals surface area contributed by atoms with Gasteiger partial charge < -0.3 is 19.1 Å². The molecular weight excluding hydrogens is 568 g/mol. The second-order valence-corrected chi connectivity index (χ2v) is 11.1. The van der Waals surface area contributed by atoms with Gasteiger partial charge in [0.05, 0.1) is 12.7 Å². The number of H-pyrrole nitrogens is 1. The smallest absolute Gasteiger partial charge is 0.459 e. The van der Waals surface area contributed by atoms with Crippen LogP contribution in [0.1, 0.15) is 27.0 Å². The lowest BCUT2D eigenvalue weighted by molar-refractivity contribution is -0.149. The van der Waals surface area contributed by atoms with Gasteiger partial charge in [-0.2, -0.15) is 5.09 Å². The summed E-state index contributed by atoms with van der Waals surface area (Å²) in [6, 6.07) is 7.79. The Morgan fingerprint density at radius 1 is 1.31 bits per heavy atom. The summed E-state index contributed by atoms with van der Waals surface area (Å²) in [5.41, 5.74) is -1.68. The first-order chi connectivity index (χ1) is 16.8. The van der Waals surface area contributed by atoms with Gasteiger partial charge in [0.15, 0.2) is 6.23 Å². The minimum Gasteiger partial charge on any atom is -0.462 e. The van der Waals surface area contributed by atoms with Gasteiger partial charge in [-0.3, -0.25) is 23.7 Å². The van der Waals surface area contributed by atoms with E-state index in [4.69, 9.17) is 18.5 Å². The van der Waals surface area contributed by atoms with E-state index >= 15 is 4.39 Å². The summed E-state index contributed by atoms with van der Waals surface area (Å²) in [6.45, 7) is 4.01. The summed E-state index contributed by atoms with van der Waals surface area (Å²) in [7, 11) is -4.32. The number of para-hydroxylation sites is 1. The lowest BCUT2D eigenvalue weighted by Crippen LogP contribution is -2.41. The van der Waals surface area contributed by atoms with Crippen molar-refractivity contribution in [2.45, 2.75) is 55.9 Å². The Morgan fingerprint density at radius 2 is 1.97 bits per heavy atom. The minimum absolute atomic E-state index is 0.142. The van der Waals surface area contributed by atoms with Crippen LogP contribution in [0.15, 0.2) is 52.2 Å². The third-order valence-electron chi connectivity index (χ3n) is 4.92. The average Bonchev–Trinajstić information content (AvgIpc) is 3.01. The number of aromatic amines is 1. The van der Waals surface area contributed by atoms with E-state index in [0.717, 1.165) is 16.8 Å². The van der Waals surface area contributed by atoms with Crippen molar-refractivity contribution in [1.82, 2.24) is 14.6 Å². The maximum absolute atomic E-state index is 15.3. The first-order valence-electron chi connectivity index (χ1n) is 10.8.